The van der Waals surface area contributed by atoms with Crippen LogP contribution in [0, 0.1) is 0 Å². The van der Waals surface area contributed by atoms with Gasteiger partial charge in [-0.2, -0.15) is 0 Å². The van der Waals surface area contributed by atoms with Crippen molar-refractivity contribution in [2.75, 3.05) is 31.6 Å². The summed E-state index contributed by atoms with van der Waals surface area (Å²) < 4.78 is 0. The van der Waals surface area contributed by atoms with Gasteiger partial charge in [0.15, 0.2) is 0 Å². The molecule has 1 heterocycles. The second-order valence-electron chi connectivity index (χ2n) is 5.89. The SMILES string of the molecule is CCC1CN(C)CCCN1c1ccc([C@H](O)CC)cc1. The average molecular weight is 276 g/mol. The van der Waals surface area contributed by atoms with Crippen LogP contribution in [-0.4, -0.2) is 42.7 Å². The Morgan fingerprint density at radius 2 is 1.90 bits per heavy atom. The van der Waals surface area contributed by atoms with Gasteiger partial charge in [-0.25, -0.2) is 0 Å². The molecule has 3 heteroatoms. The van der Waals surface area contributed by atoms with Gasteiger partial charge in [0.1, 0.15) is 0 Å². The lowest BCUT2D eigenvalue weighted by Crippen LogP contribution is -2.39. The molecule has 2 rings (SSSR count). The monoisotopic (exact) mass is 276 g/mol. The summed E-state index contributed by atoms with van der Waals surface area (Å²) in [7, 11) is 2.22. The van der Waals surface area contributed by atoms with Crippen LogP contribution < -0.4 is 4.90 Å². The minimum absolute atomic E-state index is 0.332. The van der Waals surface area contributed by atoms with Gasteiger partial charge in [0, 0.05) is 24.8 Å². The third kappa shape index (κ3) is 3.53. The van der Waals surface area contributed by atoms with E-state index in [0.717, 1.165) is 25.1 Å². The summed E-state index contributed by atoms with van der Waals surface area (Å²) in [6, 6.07) is 9.07. The number of benzene rings is 1. The summed E-state index contributed by atoms with van der Waals surface area (Å²) in [6.45, 7) is 7.72. The number of rotatable bonds is 4. The van der Waals surface area contributed by atoms with Crippen molar-refractivity contribution in [1.82, 2.24) is 4.90 Å². The number of hydrogen-bond acceptors (Lipinski definition) is 3. The van der Waals surface area contributed by atoms with E-state index in [2.05, 4.69) is 48.0 Å². The van der Waals surface area contributed by atoms with Crippen LogP contribution in [0.2, 0.25) is 0 Å². The van der Waals surface area contributed by atoms with Crippen molar-refractivity contribution in [2.24, 2.45) is 0 Å². The van der Waals surface area contributed by atoms with Gasteiger partial charge in [0.2, 0.25) is 0 Å². The molecular formula is C17H28N2O. The molecule has 1 unspecified atom stereocenters. The van der Waals surface area contributed by atoms with E-state index in [4.69, 9.17) is 0 Å². The fourth-order valence-electron chi connectivity index (χ4n) is 3.06. The molecule has 1 aromatic carbocycles. The lowest BCUT2D eigenvalue weighted by Gasteiger charge is -2.32. The molecule has 1 saturated heterocycles. The van der Waals surface area contributed by atoms with E-state index in [9.17, 15) is 5.11 Å². The highest BCUT2D eigenvalue weighted by Crippen LogP contribution is 2.25. The standard InChI is InChI=1S/C17H28N2O/c1-4-15-13-18(3)11-6-12-19(15)16-9-7-14(8-10-16)17(20)5-2/h7-10,15,17,20H,4-6,11-13H2,1-3H3/t15?,17-/m1/s1. The van der Waals surface area contributed by atoms with Crippen molar-refractivity contribution in [2.45, 2.75) is 45.3 Å². The van der Waals surface area contributed by atoms with E-state index in [-0.39, 0.29) is 6.10 Å². The molecule has 0 spiro atoms. The maximum Gasteiger partial charge on any atom is 0.0787 e. The Morgan fingerprint density at radius 1 is 1.20 bits per heavy atom. The van der Waals surface area contributed by atoms with E-state index >= 15 is 0 Å². The number of likely N-dealkylation sites (N-methyl/N-ethyl adjacent to an activating group) is 1. The lowest BCUT2D eigenvalue weighted by molar-refractivity contribution is 0.173. The van der Waals surface area contributed by atoms with Crippen LogP contribution in [-0.2, 0) is 0 Å². The molecule has 112 valence electrons. The Kier molecular flexibility index (Phi) is 5.44. The highest BCUT2D eigenvalue weighted by Gasteiger charge is 2.22. The molecule has 1 aliphatic rings. The first kappa shape index (κ1) is 15.3. The number of anilines is 1. The lowest BCUT2D eigenvalue weighted by atomic mass is 10.1. The average Bonchev–Trinajstić information content (AvgIpc) is 2.67. The minimum Gasteiger partial charge on any atom is -0.388 e. The molecule has 2 atom stereocenters. The third-order valence-electron chi connectivity index (χ3n) is 4.37. The second kappa shape index (κ2) is 7.09. The third-order valence-corrected chi connectivity index (χ3v) is 4.37. The van der Waals surface area contributed by atoms with E-state index < -0.39 is 0 Å². The molecule has 3 nitrogen and oxygen atoms in total. The molecule has 0 aliphatic carbocycles. The maximum absolute atomic E-state index is 9.89. The van der Waals surface area contributed by atoms with Crippen molar-refractivity contribution < 1.29 is 5.11 Å². The predicted molar refractivity (Wildman–Crippen MR) is 85.2 cm³/mol. The highest BCUT2D eigenvalue weighted by molar-refractivity contribution is 5.49. The highest BCUT2D eigenvalue weighted by atomic mass is 16.3. The Hall–Kier alpha value is -1.06. The predicted octanol–water partition coefficient (Wildman–Crippen LogP) is 3.05. The Labute approximate surface area is 123 Å². The summed E-state index contributed by atoms with van der Waals surface area (Å²) in [5.74, 6) is 0. The van der Waals surface area contributed by atoms with Gasteiger partial charge in [-0.1, -0.05) is 26.0 Å². The van der Waals surface area contributed by atoms with Crippen molar-refractivity contribution in [3.8, 4) is 0 Å². The largest absolute Gasteiger partial charge is 0.388 e. The van der Waals surface area contributed by atoms with Crippen LogP contribution in [0.5, 0.6) is 0 Å². The van der Waals surface area contributed by atoms with Crippen LogP contribution >= 0.6 is 0 Å². The Balaban J connectivity index is 2.16. The molecular weight excluding hydrogens is 248 g/mol. The summed E-state index contributed by atoms with van der Waals surface area (Å²) in [5, 5.41) is 9.89. The normalized spacial score (nSPS) is 22.6. The van der Waals surface area contributed by atoms with Gasteiger partial charge in [0.05, 0.1) is 6.10 Å². The number of aliphatic hydroxyl groups excluding tert-OH is 1. The van der Waals surface area contributed by atoms with Gasteiger partial charge < -0.3 is 14.9 Å². The fourth-order valence-corrected chi connectivity index (χ4v) is 3.06. The second-order valence-corrected chi connectivity index (χ2v) is 5.89. The summed E-state index contributed by atoms with van der Waals surface area (Å²) in [4.78, 5) is 4.97. The molecule has 1 N–H and O–H groups in total. The first-order valence-corrected chi connectivity index (χ1v) is 7.88. The molecule has 0 bridgehead atoms. The molecule has 1 aliphatic heterocycles. The van der Waals surface area contributed by atoms with Crippen LogP contribution in [0.25, 0.3) is 0 Å². The molecule has 1 aromatic rings. The fraction of sp³-hybridized carbons (Fsp3) is 0.647. The van der Waals surface area contributed by atoms with Crippen molar-refractivity contribution in [3.05, 3.63) is 29.8 Å². The zero-order valence-electron chi connectivity index (χ0n) is 13.0. The Bertz CT molecular complexity index is 404. The van der Waals surface area contributed by atoms with E-state index in [0.29, 0.717) is 6.04 Å². The van der Waals surface area contributed by atoms with Crippen LogP contribution in [0.3, 0.4) is 0 Å². The van der Waals surface area contributed by atoms with E-state index in [1.807, 2.05) is 6.92 Å². The quantitative estimate of drug-likeness (QED) is 0.915. The molecule has 0 aromatic heterocycles. The summed E-state index contributed by atoms with van der Waals surface area (Å²) in [6.07, 6.45) is 2.82. The molecule has 0 saturated carbocycles. The smallest absolute Gasteiger partial charge is 0.0787 e. The van der Waals surface area contributed by atoms with Gasteiger partial charge in [-0.3, -0.25) is 0 Å². The summed E-state index contributed by atoms with van der Waals surface area (Å²) in [5.41, 5.74) is 2.32. The first-order chi connectivity index (χ1) is 9.65. The van der Waals surface area contributed by atoms with Gasteiger partial charge >= 0.3 is 0 Å². The topological polar surface area (TPSA) is 26.7 Å². The summed E-state index contributed by atoms with van der Waals surface area (Å²) >= 11 is 0. The van der Waals surface area contributed by atoms with Crippen LogP contribution in [0.1, 0.15) is 44.8 Å². The van der Waals surface area contributed by atoms with E-state index in [1.54, 1.807) is 0 Å². The zero-order valence-corrected chi connectivity index (χ0v) is 13.0. The molecule has 20 heavy (non-hydrogen) atoms. The van der Waals surface area contributed by atoms with Crippen molar-refractivity contribution >= 4 is 5.69 Å². The molecule has 1 fully saturated rings. The molecule has 0 radical (unpaired) electrons. The van der Waals surface area contributed by atoms with Crippen molar-refractivity contribution in [1.29, 1.82) is 0 Å². The van der Waals surface area contributed by atoms with Crippen molar-refractivity contribution in [3.63, 3.8) is 0 Å². The Morgan fingerprint density at radius 3 is 2.50 bits per heavy atom. The van der Waals surface area contributed by atoms with E-state index in [1.165, 1.54) is 25.1 Å². The van der Waals surface area contributed by atoms with Gasteiger partial charge in [-0.15, -0.1) is 0 Å². The van der Waals surface area contributed by atoms with Crippen LogP contribution in [0.15, 0.2) is 24.3 Å². The number of hydrogen-bond donors (Lipinski definition) is 1. The maximum atomic E-state index is 9.89. The number of aliphatic hydroxyl groups is 1. The minimum atomic E-state index is -0.332. The van der Waals surface area contributed by atoms with Gasteiger partial charge in [-0.05, 0) is 50.6 Å². The first-order valence-electron chi connectivity index (χ1n) is 7.88. The van der Waals surface area contributed by atoms with Crippen LogP contribution in [0.4, 0.5) is 5.69 Å². The molecule has 0 amide bonds. The zero-order chi connectivity index (χ0) is 14.5. The van der Waals surface area contributed by atoms with Gasteiger partial charge in [0.25, 0.3) is 0 Å². The number of nitrogens with zero attached hydrogens (tertiary/aromatic N) is 2.